The molecule has 4 heteroatoms. The molecule has 1 aliphatic heterocycles. The summed E-state index contributed by atoms with van der Waals surface area (Å²) in [6, 6.07) is 0. The Labute approximate surface area is 171 Å². The second-order valence-corrected chi connectivity index (χ2v) is 14.6. The zero-order chi connectivity index (χ0) is 20.0. The smallest absolute Gasteiger partial charge is 0.191 e. The van der Waals surface area contributed by atoms with Crippen molar-refractivity contribution in [3.8, 4) is 0 Å². The summed E-state index contributed by atoms with van der Waals surface area (Å²) in [5.41, 5.74) is 0. The van der Waals surface area contributed by atoms with Gasteiger partial charge in [0.2, 0.25) is 0 Å². The molecule has 162 valence electrons. The van der Waals surface area contributed by atoms with E-state index in [9.17, 15) is 0 Å². The highest BCUT2D eigenvalue weighted by Crippen LogP contribution is 2.36. The third kappa shape index (κ3) is 12.3. The van der Waals surface area contributed by atoms with Gasteiger partial charge in [-0.25, -0.2) is 0 Å². The van der Waals surface area contributed by atoms with Gasteiger partial charge >= 0.3 is 0 Å². The summed E-state index contributed by atoms with van der Waals surface area (Å²) < 4.78 is 17.6. The molecule has 1 fully saturated rings. The third-order valence-corrected chi connectivity index (χ3v) is 10.8. The van der Waals surface area contributed by atoms with E-state index in [-0.39, 0.29) is 6.29 Å². The van der Waals surface area contributed by atoms with Gasteiger partial charge in [0.15, 0.2) is 14.6 Å². The molecule has 1 rings (SSSR count). The van der Waals surface area contributed by atoms with Crippen molar-refractivity contribution in [2.24, 2.45) is 0 Å². The fourth-order valence-corrected chi connectivity index (χ4v) is 4.31. The monoisotopic (exact) mass is 400 g/mol. The topological polar surface area (TPSA) is 27.7 Å². The van der Waals surface area contributed by atoms with E-state index in [1.54, 1.807) is 0 Å². The molecule has 0 spiro atoms. The summed E-state index contributed by atoms with van der Waals surface area (Å²) in [5, 5.41) is 0.336. The standard InChI is InChI=1S/C23H48O3Si/c1-23(2,3)27(4,5)26-21-16-13-11-9-7-6-8-10-12-15-19-24-22-18-14-17-20-25-22/h22H,6-21H2,1-5H3. The lowest BCUT2D eigenvalue weighted by Crippen LogP contribution is -2.40. The van der Waals surface area contributed by atoms with Gasteiger partial charge in [-0.15, -0.1) is 0 Å². The molecule has 1 heterocycles. The lowest BCUT2D eigenvalue weighted by atomic mass is 10.1. The molecule has 0 bridgehead atoms. The second-order valence-electron chi connectivity index (χ2n) is 9.81. The van der Waals surface area contributed by atoms with E-state index in [1.165, 1.54) is 77.0 Å². The van der Waals surface area contributed by atoms with Crippen LogP contribution in [-0.2, 0) is 13.9 Å². The van der Waals surface area contributed by atoms with Gasteiger partial charge < -0.3 is 13.9 Å². The van der Waals surface area contributed by atoms with E-state index in [0.717, 1.165) is 26.2 Å². The fourth-order valence-electron chi connectivity index (χ4n) is 3.22. The van der Waals surface area contributed by atoms with Crippen LogP contribution in [0, 0.1) is 0 Å². The number of hydrogen-bond acceptors (Lipinski definition) is 3. The molecule has 0 saturated carbocycles. The Hall–Kier alpha value is 0.0969. The molecule has 1 unspecified atom stereocenters. The van der Waals surface area contributed by atoms with Crippen molar-refractivity contribution in [1.82, 2.24) is 0 Å². The van der Waals surface area contributed by atoms with Crippen LogP contribution in [-0.4, -0.2) is 34.4 Å². The minimum absolute atomic E-state index is 0.0889. The number of rotatable bonds is 15. The number of ether oxygens (including phenoxy) is 2. The Morgan fingerprint density at radius 3 is 1.78 bits per heavy atom. The van der Waals surface area contributed by atoms with Gasteiger partial charge in [0.05, 0.1) is 0 Å². The zero-order valence-electron chi connectivity index (χ0n) is 19.1. The van der Waals surface area contributed by atoms with Crippen LogP contribution < -0.4 is 0 Å². The van der Waals surface area contributed by atoms with Gasteiger partial charge in [0.1, 0.15) is 0 Å². The summed E-state index contributed by atoms with van der Waals surface area (Å²) in [6.45, 7) is 14.4. The highest BCUT2D eigenvalue weighted by Gasteiger charge is 2.36. The van der Waals surface area contributed by atoms with Crippen LogP contribution >= 0.6 is 0 Å². The third-order valence-electron chi connectivity index (χ3n) is 6.25. The molecule has 0 N–H and O–H groups in total. The Morgan fingerprint density at radius 2 is 1.30 bits per heavy atom. The van der Waals surface area contributed by atoms with E-state index in [0.29, 0.717) is 5.04 Å². The molecule has 0 amide bonds. The first-order valence-electron chi connectivity index (χ1n) is 11.7. The Balaban J connectivity index is 1.78. The first kappa shape index (κ1) is 25.1. The minimum Gasteiger partial charge on any atom is -0.417 e. The van der Waals surface area contributed by atoms with Crippen molar-refractivity contribution >= 4 is 8.32 Å². The quantitative estimate of drug-likeness (QED) is 0.211. The Morgan fingerprint density at radius 1 is 0.778 bits per heavy atom. The average Bonchev–Trinajstić information content (AvgIpc) is 2.62. The molecule has 0 aliphatic carbocycles. The van der Waals surface area contributed by atoms with Gasteiger partial charge in [0.25, 0.3) is 0 Å². The second kappa shape index (κ2) is 14.1. The molecular formula is C23H48O3Si. The van der Waals surface area contributed by atoms with Gasteiger partial charge in [0, 0.05) is 19.8 Å². The van der Waals surface area contributed by atoms with E-state index in [1.807, 2.05) is 0 Å². The minimum atomic E-state index is -1.53. The average molecular weight is 401 g/mol. The molecule has 0 aromatic rings. The zero-order valence-corrected chi connectivity index (χ0v) is 20.1. The van der Waals surface area contributed by atoms with E-state index in [2.05, 4.69) is 33.9 Å². The van der Waals surface area contributed by atoms with Crippen molar-refractivity contribution in [2.75, 3.05) is 19.8 Å². The van der Waals surface area contributed by atoms with Gasteiger partial charge in [-0.2, -0.15) is 0 Å². The summed E-state index contributed by atoms with van der Waals surface area (Å²) in [6.07, 6.45) is 17.0. The van der Waals surface area contributed by atoms with Gasteiger partial charge in [-0.1, -0.05) is 72.1 Å². The first-order chi connectivity index (χ1) is 12.8. The molecular weight excluding hydrogens is 352 g/mol. The van der Waals surface area contributed by atoms with Crippen molar-refractivity contribution in [3.05, 3.63) is 0 Å². The molecule has 0 aromatic heterocycles. The molecule has 0 radical (unpaired) electrons. The molecule has 27 heavy (non-hydrogen) atoms. The molecule has 3 nitrogen and oxygen atoms in total. The maximum absolute atomic E-state index is 6.25. The van der Waals surface area contributed by atoms with Crippen LogP contribution in [0.15, 0.2) is 0 Å². The maximum atomic E-state index is 6.25. The fraction of sp³-hybridized carbons (Fsp3) is 1.00. The highest BCUT2D eigenvalue weighted by molar-refractivity contribution is 6.74. The van der Waals surface area contributed by atoms with Gasteiger partial charge in [-0.05, 0) is 50.2 Å². The summed E-state index contributed by atoms with van der Waals surface area (Å²) in [4.78, 5) is 0. The van der Waals surface area contributed by atoms with Crippen LogP contribution in [0.5, 0.6) is 0 Å². The largest absolute Gasteiger partial charge is 0.417 e. The van der Waals surface area contributed by atoms with Crippen LogP contribution in [0.2, 0.25) is 18.1 Å². The first-order valence-corrected chi connectivity index (χ1v) is 14.6. The molecule has 1 atom stereocenters. The van der Waals surface area contributed by atoms with Crippen molar-refractivity contribution < 1.29 is 13.9 Å². The molecule has 1 saturated heterocycles. The predicted octanol–water partition coefficient (Wildman–Crippen LogP) is 7.45. The van der Waals surface area contributed by atoms with E-state index < -0.39 is 8.32 Å². The van der Waals surface area contributed by atoms with E-state index in [4.69, 9.17) is 13.9 Å². The highest BCUT2D eigenvalue weighted by atomic mass is 28.4. The lowest BCUT2D eigenvalue weighted by Gasteiger charge is -2.36. The van der Waals surface area contributed by atoms with Crippen LogP contribution in [0.25, 0.3) is 0 Å². The number of unbranched alkanes of at least 4 members (excludes halogenated alkanes) is 9. The normalized spacial score (nSPS) is 18.8. The summed E-state index contributed by atoms with van der Waals surface area (Å²) in [7, 11) is -1.53. The van der Waals surface area contributed by atoms with E-state index >= 15 is 0 Å². The van der Waals surface area contributed by atoms with Crippen molar-refractivity contribution in [3.63, 3.8) is 0 Å². The van der Waals surface area contributed by atoms with Crippen LogP contribution in [0.1, 0.15) is 104 Å². The Kier molecular flexibility index (Phi) is 13.2. The van der Waals surface area contributed by atoms with Crippen molar-refractivity contribution in [2.45, 2.75) is 129 Å². The van der Waals surface area contributed by atoms with Crippen LogP contribution in [0.3, 0.4) is 0 Å². The Bertz CT molecular complexity index is 346. The molecule has 1 aliphatic rings. The van der Waals surface area contributed by atoms with Crippen LogP contribution in [0.4, 0.5) is 0 Å². The van der Waals surface area contributed by atoms with Gasteiger partial charge in [-0.3, -0.25) is 0 Å². The predicted molar refractivity (Wildman–Crippen MR) is 119 cm³/mol. The maximum Gasteiger partial charge on any atom is 0.191 e. The SMILES string of the molecule is CC(C)(C)[Si](C)(C)OCCCCCCCCCCCCOC1CCCCO1. The summed E-state index contributed by atoms with van der Waals surface area (Å²) >= 11 is 0. The number of hydrogen-bond donors (Lipinski definition) is 0. The summed E-state index contributed by atoms with van der Waals surface area (Å²) in [5.74, 6) is 0. The lowest BCUT2D eigenvalue weighted by molar-refractivity contribution is -0.162. The van der Waals surface area contributed by atoms with Crippen molar-refractivity contribution in [1.29, 1.82) is 0 Å². The molecule has 0 aromatic carbocycles.